The zero-order chi connectivity index (χ0) is 9.26. The van der Waals surface area contributed by atoms with Crippen LogP contribution in [0.1, 0.15) is 11.9 Å². The van der Waals surface area contributed by atoms with Crippen LogP contribution >= 0.6 is 0 Å². The van der Waals surface area contributed by atoms with Crippen LogP contribution in [-0.4, -0.2) is 31.3 Å². The fourth-order valence-corrected chi connectivity index (χ4v) is 1.09. The third-order valence-corrected chi connectivity index (χ3v) is 1.74. The summed E-state index contributed by atoms with van der Waals surface area (Å²) in [5.74, 6) is 1.01. The van der Waals surface area contributed by atoms with Gasteiger partial charge in [0, 0.05) is 12.4 Å². The molecule has 0 aliphatic carbocycles. The van der Waals surface area contributed by atoms with Gasteiger partial charge < -0.3 is 10.8 Å². The van der Waals surface area contributed by atoms with Crippen LogP contribution in [0.4, 0.5) is 0 Å². The van der Waals surface area contributed by atoms with Gasteiger partial charge in [-0.1, -0.05) is 0 Å². The van der Waals surface area contributed by atoms with Gasteiger partial charge in [0.1, 0.15) is 0 Å². The lowest BCUT2D eigenvalue weighted by Gasteiger charge is -2.04. The van der Waals surface area contributed by atoms with E-state index in [0.717, 1.165) is 0 Å². The maximum absolute atomic E-state index is 8.84. The SMILES string of the molecule is NC(CO)c1nnc2ncccn12. The minimum Gasteiger partial charge on any atom is -0.394 e. The third kappa shape index (κ3) is 1.25. The average Bonchev–Trinajstić information content (AvgIpc) is 2.60. The molecule has 0 bridgehead atoms. The number of hydrogen-bond donors (Lipinski definition) is 2. The second-order valence-corrected chi connectivity index (χ2v) is 2.64. The molecule has 0 spiro atoms. The molecule has 0 aliphatic heterocycles. The molecule has 2 heterocycles. The van der Waals surface area contributed by atoms with Crippen LogP contribution in [0.2, 0.25) is 0 Å². The highest BCUT2D eigenvalue weighted by atomic mass is 16.3. The van der Waals surface area contributed by atoms with Gasteiger partial charge in [-0.3, -0.25) is 4.40 Å². The summed E-state index contributed by atoms with van der Waals surface area (Å²) in [5.41, 5.74) is 5.60. The van der Waals surface area contributed by atoms with E-state index in [1.165, 1.54) is 0 Å². The van der Waals surface area contributed by atoms with E-state index in [1.807, 2.05) is 0 Å². The van der Waals surface area contributed by atoms with E-state index in [0.29, 0.717) is 11.6 Å². The molecule has 0 aromatic carbocycles. The van der Waals surface area contributed by atoms with E-state index in [2.05, 4.69) is 15.2 Å². The Morgan fingerprint density at radius 2 is 2.38 bits per heavy atom. The molecule has 2 aromatic rings. The summed E-state index contributed by atoms with van der Waals surface area (Å²) in [4.78, 5) is 3.97. The number of aromatic nitrogens is 4. The molecule has 0 saturated carbocycles. The summed E-state index contributed by atoms with van der Waals surface area (Å²) >= 11 is 0. The third-order valence-electron chi connectivity index (χ3n) is 1.74. The molecular weight excluding hydrogens is 170 g/mol. The van der Waals surface area contributed by atoms with Crippen molar-refractivity contribution in [1.29, 1.82) is 0 Å². The van der Waals surface area contributed by atoms with Crippen molar-refractivity contribution in [2.45, 2.75) is 6.04 Å². The lowest BCUT2D eigenvalue weighted by Crippen LogP contribution is -2.17. The van der Waals surface area contributed by atoms with Gasteiger partial charge >= 0.3 is 0 Å². The molecule has 0 fully saturated rings. The van der Waals surface area contributed by atoms with Crippen LogP contribution in [0.15, 0.2) is 18.5 Å². The van der Waals surface area contributed by atoms with Crippen LogP contribution in [0.5, 0.6) is 0 Å². The Labute approximate surface area is 74.0 Å². The Morgan fingerprint density at radius 3 is 3.15 bits per heavy atom. The number of nitrogens with two attached hydrogens (primary N) is 1. The average molecular weight is 179 g/mol. The monoisotopic (exact) mass is 179 g/mol. The van der Waals surface area contributed by atoms with Crippen molar-refractivity contribution >= 4 is 5.78 Å². The van der Waals surface area contributed by atoms with Crippen molar-refractivity contribution in [3.8, 4) is 0 Å². The minimum atomic E-state index is -0.515. The molecule has 13 heavy (non-hydrogen) atoms. The van der Waals surface area contributed by atoms with Crippen molar-refractivity contribution in [2.24, 2.45) is 5.73 Å². The molecule has 2 aromatic heterocycles. The number of hydrogen-bond acceptors (Lipinski definition) is 5. The van der Waals surface area contributed by atoms with Gasteiger partial charge in [0.2, 0.25) is 0 Å². The largest absolute Gasteiger partial charge is 0.394 e. The van der Waals surface area contributed by atoms with Crippen LogP contribution in [0.3, 0.4) is 0 Å². The second-order valence-electron chi connectivity index (χ2n) is 2.64. The van der Waals surface area contributed by atoms with Crippen molar-refractivity contribution in [2.75, 3.05) is 6.61 Å². The van der Waals surface area contributed by atoms with Gasteiger partial charge in [-0.25, -0.2) is 4.98 Å². The Kier molecular flexibility index (Phi) is 1.91. The first-order valence-electron chi connectivity index (χ1n) is 3.85. The number of fused-ring (bicyclic) bond motifs is 1. The van der Waals surface area contributed by atoms with E-state index in [-0.39, 0.29) is 6.61 Å². The van der Waals surface area contributed by atoms with Gasteiger partial charge in [0.05, 0.1) is 12.6 Å². The summed E-state index contributed by atoms with van der Waals surface area (Å²) in [6, 6.07) is 1.24. The smallest absolute Gasteiger partial charge is 0.254 e. The molecule has 0 aliphatic rings. The van der Waals surface area contributed by atoms with E-state index < -0.39 is 6.04 Å². The molecule has 0 amide bonds. The molecule has 6 heteroatoms. The molecule has 68 valence electrons. The van der Waals surface area contributed by atoms with E-state index in [9.17, 15) is 0 Å². The fraction of sp³-hybridized carbons (Fsp3) is 0.286. The molecule has 2 rings (SSSR count). The van der Waals surface area contributed by atoms with Crippen LogP contribution in [0, 0.1) is 0 Å². The van der Waals surface area contributed by atoms with Gasteiger partial charge in [0.15, 0.2) is 5.82 Å². The summed E-state index contributed by atoms with van der Waals surface area (Å²) in [7, 11) is 0. The summed E-state index contributed by atoms with van der Waals surface area (Å²) in [6.07, 6.45) is 3.38. The number of rotatable bonds is 2. The Bertz CT molecular complexity index is 412. The fourth-order valence-electron chi connectivity index (χ4n) is 1.09. The Balaban J connectivity index is 2.57. The van der Waals surface area contributed by atoms with Crippen LogP contribution in [0.25, 0.3) is 5.78 Å². The molecule has 0 saturated heterocycles. The zero-order valence-electron chi connectivity index (χ0n) is 6.83. The summed E-state index contributed by atoms with van der Waals surface area (Å²) in [6.45, 7) is -0.157. The first-order chi connectivity index (χ1) is 6.33. The Morgan fingerprint density at radius 1 is 1.54 bits per heavy atom. The van der Waals surface area contributed by atoms with Gasteiger partial charge in [-0.15, -0.1) is 10.2 Å². The number of aliphatic hydroxyl groups is 1. The standard InChI is InChI=1S/C7H9N5O/c8-5(4-13)6-10-11-7-9-2-1-3-12(6)7/h1-3,5,13H,4,8H2. The first kappa shape index (κ1) is 8.09. The predicted molar refractivity (Wildman–Crippen MR) is 44.8 cm³/mol. The summed E-state index contributed by atoms with van der Waals surface area (Å²) < 4.78 is 1.65. The molecule has 1 unspecified atom stereocenters. The van der Waals surface area contributed by atoms with E-state index in [4.69, 9.17) is 10.8 Å². The molecule has 0 radical (unpaired) electrons. The van der Waals surface area contributed by atoms with Crippen LogP contribution in [-0.2, 0) is 0 Å². The molecular formula is C7H9N5O. The van der Waals surface area contributed by atoms with Gasteiger partial charge in [-0.2, -0.15) is 0 Å². The lowest BCUT2D eigenvalue weighted by atomic mass is 10.3. The van der Waals surface area contributed by atoms with Crippen molar-refractivity contribution in [1.82, 2.24) is 19.6 Å². The highest BCUT2D eigenvalue weighted by molar-refractivity contribution is 5.26. The minimum absolute atomic E-state index is 0.157. The summed E-state index contributed by atoms with van der Waals surface area (Å²) in [5, 5.41) is 16.5. The number of nitrogens with zero attached hydrogens (tertiary/aromatic N) is 4. The maximum Gasteiger partial charge on any atom is 0.254 e. The van der Waals surface area contributed by atoms with Gasteiger partial charge in [0.25, 0.3) is 5.78 Å². The molecule has 6 nitrogen and oxygen atoms in total. The van der Waals surface area contributed by atoms with Gasteiger partial charge in [-0.05, 0) is 6.07 Å². The highest BCUT2D eigenvalue weighted by Gasteiger charge is 2.12. The topological polar surface area (TPSA) is 89.3 Å². The van der Waals surface area contributed by atoms with Crippen molar-refractivity contribution < 1.29 is 5.11 Å². The zero-order valence-corrected chi connectivity index (χ0v) is 6.83. The predicted octanol–water partition coefficient (Wildman–Crippen LogP) is -0.884. The Hall–Kier alpha value is -1.53. The van der Waals surface area contributed by atoms with Crippen molar-refractivity contribution in [3.63, 3.8) is 0 Å². The first-order valence-corrected chi connectivity index (χ1v) is 3.85. The maximum atomic E-state index is 8.84. The van der Waals surface area contributed by atoms with Crippen LogP contribution < -0.4 is 5.73 Å². The van der Waals surface area contributed by atoms with E-state index in [1.54, 1.807) is 22.9 Å². The second kappa shape index (κ2) is 3.08. The molecule has 3 N–H and O–H groups in total. The number of aliphatic hydroxyl groups excluding tert-OH is 1. The molecule has 1 atom stereocenters. The normalized spacial score (nSPS) is 13.4. The lowest BCUT2D eigenvalue weighted by molar-refractivity contribution is 0.263. The highest BCUT2D eigenvalue weighted by Crippen LogP contribution is 2.06. The van der Waals surface area contributed by atoms with E-state index >= 15 is 0 Å². The van der Waals surface area contributed by atoms with Crippen molar-refractivity contribution in [3.05, 3.63) is 24.3 Å². The quantitative estimate of drug-likeness (QED) is 0.624.